The van der Waals surface area contributed by atoms with Gasteiger partial charge in [0, 0.05) is 11.8 Å². The van der Waals surface area contributed by atoms with Crippen molar-refractivity contribution < 1.29 is 19.9 Å². The van der Waals surface area contributed by atoms with Crippen molar-refractivity contribution in [1.29, 1.82) is 0 Å². The summed E-state index contributed by atoms with van der Waals surface area (Å²) >= 11 is 1.24. The molecule has 1 fully saturated rings. The highest BCUT2D eigenvalue weighted by Gasteiger charge is 2.34. The van der Waals surface area contributed by atoms with Crippen LogP contribution < -0.4 is 0 Å². The van der Waals surface area contributed by atoms with Crippen LogP contribution in [0.5, 0.6) is 0 Å². The molecule has 1 heterocycles. The van der Waals surface area contributed by atoms with Gasteiger partial charge in [-0.2, -0.15) is 0 Å². The Morgan fingerprint density at radius 1 is 1.44 bits per heavy atom. The molecule has 3 unspecified atom stereocenters. The van der Waals surface area contributed by atoms with Gasteiger partial charge in [-0.05, 0) is 6.07 Å². The lowest BCUT2D eigenvalue weighted by Crippen LogP contribution is -2.31. The topological polar surface area (TPSA) is 92.8 Å². The molecule has 0 bridgehead atoms. The number of nitrogens with zero attached hydrogens (tertiary/aromatic N) is 1. The molecule has 0 aliphatic carbocycles. The van der Waals surface area contributed by atoms with E-state index >= 15 is 0 Å². The molecule has 0 saturated carbocycles. The molecule has 1 saturated heterocycles. The minimum absolute atomic E-state index is 0.0375. The van der Waals surface area contributed by atoms with E-state index in [1.807, 2.05) is 0 Å². The number of benzene rings is 1. The van der Waals surface area contributed by atoms with E-state index in [0.717, 1.165) is 0 Å². The van der Waals surface area contributed by atoms with E-state index in [-0.39, 0.29) is 12.3 Å². The second kappa shape index (κ2) is 5.66. The van der Waals surface area contributed by atoms with Crippen LogP contribution >= 0.6 is 11.8 Å². The maximum atomic E-state index is 10.8. The lowest BCUT2D eigenvalue weighted by atomic mass is 10.2. The maximum Gasteiger partial charge on any atom is 0.282 e. The molecule has 6 nitrogen and oxygen atoms in total. The van der Waals surface area contributed by atoms with Crippen LogP contribution in [0.25, 0.3) is 0 Å². The minimum Gasteiger partial charge on any atom is -0.388 e. The molecule has 98 valence electrons. The smallest absolute Gasteiger partial charge is 0.282 e. The maximum absolute atomic E-state index is 10.8. The molecule has 0 amide bonds. The van der Waals surface area contributed by atoms with E-state index in [2.05, 4.69) is 0 Å². The molecule has 7 heteroatoms. The highest BCUT2D eigenvalue weighted by molar-refractivity contribution is 7.99. The number of aliphatic hydroxyl groups is 2. The predicted molar refractivity (Wildman–Crippen MR) is 65.6 cm³/mol. The fraction of sp³-hybridized carbons (Fsp3) is 0.455. The Morgan fingerprint density at radius 2 is 2.17 bits per heavy atom. The standard InChI is InChI=1S/C11H13NO5S/c13-8-5-17-9(11(8)14)6-18-10-4-2-1-3-7(10)12(15)16/h1-4,8-9,11,13-14H,5-6H2. The van der Waals surface area contributed by atoms with Crippen molar-refractivity contribution >= 4 is 17.4 Å². The number of hydrogen-bond donors (Lipinski definition) is 2. The molecule has 1 aliphatic heterocycles. The lowest BCUT2D eigenvalue weighted by Gasteiger charge is -2.14. The van der Waals surface area contributed by atoms with Gasteiger partial charge in [-0.3, -0.25) is 10.1 Å². The normalized spacial score (nSPS) is 27.3. The number of para-hydroxylation sites is 1. The van der Waals surface area contributed by atoms with Crippen LogP contribution in [0.4, 0.5) is 5.69 Å². The SMILES string of the molecule is O=[N+]([O-])c1ccccc1SCC1OCC(O)C1O. The summed E-state index contributed by atoms with van der Waals surface area (Å²) < 4.78 is 5.21. The van der Waals surface area contributed by atoms with Crippen LogP contribution in [0.2, 0.25) is 0 Å². The molecule has 0 radical (unpaired) electrons. The predicted octanol–water partition coefficient (Wildman–Crippen LogP) is 0.807. The quantitative estimate of drug-likeness (QED) is 0.478. The van der Waals surface area contributed by atoms with Gasteiger partial charge < -0.3 is 14.9 Å². The fourth-order valence-corrected chi connectivity index (χ4v) is 2.82. The summed E-state index contributed by atoms with van der Waals surface area (Å²) in [4.78, 5) is 10.9. The van der Waals surface area contributed by atoms with E-state index in [0.29, 0.717) is 10.6 Å². The first-order valence-electron chi connectivity index (χ1n) is 5.43. The molecule has 1 aromatic carbocycles. The van der Waals surface area contributed by atoms with Crippen LogP contribution in [0, 0.1) is 10.1 Å². The summed E-state index contributed by atoms with van der Waals surface area (Å²) in [5, 5.41) is 29.7. The van der Waals surface area contributed by atoms with Gasteiger partial charge in [0.15, 0.2) is 0 Å². The summed E-state index contributed by atoms with van der Waals surface area (Å²) in [5.74, 6) is 0.364. The van der Waals surface area contributed by atoms with Crippen molar-refractivity contribution in [2.75, 3.05) is 12.4 Å². The first-order valence-corrected chi connectivity index (χ1v) is 6.42. The number of nitro groups is 1. The molecule has 3 atom stereocenters. The van der Waals surface area contributed by atoms with Gasteiger partial charge in [-0.1, -0.05) is 12.1 Å². The van der Waals surface area contributed by atoms with Gasteiger partial charge >= 0.3 is 0 Å². The third kappa shape index (κ3) is 2.81. The van der Waals surface area contributed by atoms with Gasteiger partial charge in [-0.15, -0.1) is 11.8 Å². The molecule has 0 aromatic heterocycles. The molecular formula is C11H13NO5S. The number of ether oxygens (including phenoxy) is 1. The van der Waals surface area contributed by atoms with E-state index in [4.69, 9.17) is 4.74 Å². The van der Waals surface area contributed by atoms with Crippen molar-refractivity contribution in [3.05, 3.63) is 34.4 Å². The number of thioether (sulfide) groups is 1. The number of nitro benzene ring substituents is 1. The Labute approximate surface area is 108 Å². The Kier molecular flexibility index (Phi) is 4.18. The van der Waals surface area contributed by atoms with E-state index in [1.165, 1.54) is 17.8 Å². The van der Waals surface area contributed by atoms with E-state index in [9.17, 15) is 20.3 Å². The van der Waals surface area contributed by atoms with Gasteiger partial charge in [0.25, 0.3) is 5.69 Å². The number of hydrogen-bond acceptors (Lipinski definition) is 6. The van der Waals surface area contributed by atoms with Crippen molar-refractivity contribution in [1.82, 2.24) is 0 Å². The largest absolute Gasteiger partial charge is 0.388 e. The third-order valence-electron chi connectivity index (χ3n) is 2.72. The van der Waals surface area contributed by atoms with Crippen LogP contribution in [-0.2, 0) is 4.74 Å². The molecule has 0 spiro atoms. The van der Waals surface area contributed by atoms with Gasteiger partial charge in [-0.25, -0.2) is 0 Å². The van der Waals surface area contributed by atoms with Gasteiger partial charge in [0.2, 0.25) is 0 Å². The molecular weight excluding hydrogens is 258 g/mol. The van der Waals surface area contributed by atoms with Crippen molar-refractivity contribution in [3.8, 4) is 0 Å². The van der Waals surface area contributed by atoms with E-state index in [1.54, 1.807) is 18.2 Å². The van der Waals surface area contributed by atoms with E-state index < -0.39 is 23.2 Å². The van der Waals surface area contributed by atoms with Crippen LogP contribution in [0.3, 0.4) is 0 Å². The first-order chi connectivity index (χ1) is 8.59. The summed E-state index contributed by atoms with van der Waals surface area (Å²) in [6.45, 7) is 0.100. The van der Waals surface area contributed by atoms with Gasteiger partial charge in [0.1, 0.15) is 12.2 Å². The second-order valence-corrected chi connectivity index (χ2v) is 5.03. The molecule has 1 aliphatic rings. The third-order valence-corrected chi connectivity index (χ3v) is 3.87. The van der Waals surface area contributed by atoms with Crippen LogP contribution in [0.1, 0.15) is 0 Å². The number of aliphatic hydroxyl groups excluding tert-OH is 2. The zero-order valence-electron chi connectivity index (χ0n) is 9.43. The number of rotatable bonds is 4. The van der Waals surface area contributed by atoms with Crippen LogP contribution in [-0.4, -0.2) is 45.8 Å². The summed E-state index contributed by atoms with van der Waals surface area (Å²) in [6.07, 6.45) is -2.30. The average Bonchev–Trinajstić information content (AvgIpc) is 2.68. The Bertz CT molecular complexity index is 441. The fourth-order valence-electron chi connectivity index (χ4n) is 1.72. The summed E-state index contributed by atoms with van der Waals surface area (Å²) in [7, 11) is 0. The van der Waals surface area contributed by atoms with Crippen LogP contribution in [0.15, 0.2) is 29.2 Å². The van der Waals surface area contributed by atoms with Crippen molar-refractivity contribution in [2.24, 2.45) is 0 Å². The molecule has 1 aromatic rings. The Hall–Kier alpha value is -1.15. The van der Waals surface area contributed by atoms with Gasteiger partial charge in [0.05, 0.1) is 22.5 Å². The Morgan fingerprint density at radius 3 is 2.78 bits per heavy atom. The monoisotopic (exact) mass is 271 g/mol. The summed E-state index contributed by atoms with van der Waals surface area (Å²) in [6, 6.07) is 6.41. The van der Waals surface area contributed by atoms with Crippen molar-refractivity contribution in [3.63, 3.8) is 0 Å². The summed E-state index contributed by atoms with van der Waals surface area (Å²) in [5.41, 5.74) is 0.0375. The Balaban J connectivity index is 2.00. The lowest BCUT2D eigenvalue weighted by molar-refractivity contribution is -0.387. The van der Waals surface area contributed by atoms with Crippen molar-refractivity contribution in [2.45, 2.75) is 23.2 Å². The second-order valence-electron chi connectivity index (χ2n) is 3.97. The molecule has 2 rings (SSSR count). The molecule has 2 N–H and O–H groups in total. The zero-order valence-corrected chi connectivity index (χ0v) is 10.2. The average molecular weight is 271 g/mol. The zero-order chi connectivity index (χ0) is 13.1. The minimum atomic E-state index is -0.930. The molecule has 18 heavy (non-hydrogen) atoms. The highest BCUT2D eigenvalue weighted by Crippen LogP contribution is 2.31. The highest BCUT2D eigenvalue weighted by atomic mass is 32.2. The first kappa shape index (κ1) is 13.3.